The largest absolute Gasteiger partial charge is 0.493 e. The van der Waals surface area contributed by atoms with Gasteiger partial charge in [-0.1, -0.05) is 35.3 Å². The van der Waals surface area contributed by atoms with Gasteiger partial charge in [-0.05, 0) is 65.4 Å². The van der Waals surface area contributed by atoms with Gasteiger partial charge in [-0.2, -0.15) is 0 Å². The summed E-state index contributed by atoms with van der Waals surface area (Å²) < 4.78 is 11.3. The lowest BCUT2D eigenvalue weighted by Crippen LogP contribution is -2.19. The van der Waals surface area contributed by atoms with Gasteiger partial charge in [0, 0.05) is 17.2 Å². The Morgan fingerprint density at radius 1 is 1.11 bits per heavy atom. The van der Waals surface area contributed by atoms with Gasteiger partial charge in [-0.25, -0.2) is 4.99 Å². The Labute approximate surface area is 214 Å². The van der Waals surface area contributed by atoms with Crippen molar-refractivity contribution in [3.8, 4) is 11.5 Å². The Morgan fingerprint density at radius 3 is 2.49 bits per heavy atom. The molecule has 1 saturated heterocycles. The first-order chi connectivity index (χ1) is 16.8. The van der Waals surface area contributed by atoms with Crippen molar-refractivity contribution in [3.05, 3.63) is 96.9 Å². The average Bonchev–Trinajstić information content (AvgIpc) is 3.17. The summed E-state index contributed by atoms with van der Waals surface area (Å²) in [6.07, 6.45) is 1.66. The van der Waals surface area contributed by atoms with Crippen molar-refractivity contribution >= 4 is 63.5 Å². The van der Waals surface area contributed by atoms with E-state index in [-0.39, 0.29) is 18.2 Å². The standard InChI is InChI=1S/C24H17Cl2N3O5S/c1-33-20-11-15(10-19(26)22(20)34-13-14-2-4-16(25)5-3-14)12-21-23(30)28-24(35-21)27-17-6-8-18(9-7-17)29(31)32/h2-12H,13H2,1H3,(H,27,28,30)/b21-12-. The summed E-state index contributed by atoms with van der Waals surface area (Å²) in [5.74, 6) is 0.477. The number of nitrogens with one attached hydrogen (secondary N) is 1. The predicted octanol–water partition coefficient (Wildman–Crippen LogP) is 6.38. The van der Waals surface area contributed by atoms with E-state index in [1.165, 1.54) is 31.4 Å². The normalized spacial score (nSPS) is 15.3. The number of hydrogen-bond donors (Lipinski definition) is 1. The first kappa shape index (κ1) is 24.6. The number of nitrogens with zero attached hydrogens (tertiary/aromatic N) is 2. The van der Waals surface area contributed by atoms with E-state index in [1.54, 1.807) is 30.3 Å². The summed E-state index contributed by atoms with van der Waals surface area (Å²) in [7, 11) is 1.50. The maximum Gasteiger partial charge on any atom is 0.269 e. The summed E-state index contributed by atoms with van der Waals surface area (Å²) >= 11 is 13.5. The van der Waals surface area contributed by atoms with E-state index in [9.17, 15) is 14.9 Å². The number of carbonyl (C=O) groups is 1. The molecule has 8 nitrogen and oxygen atoms in total. The average molecular weight is 530 g/mol. The van der Waals surface area contributed by atoms with Crippen LogP contribution in [0.2, 0.25) is 10.0 Å². The quantitative estimate of drug-likeness (QED) is 0.216. The van der Waals surface area contributed by atoms with E-state index in [2.05, 4.69) is 10.3 Å². The number of carbonyl (C=O) groups excluding carboxylic acids is 1. The molecule has 0 aliphatic carbocycles. The highest BCUT2D eigenvalue weighted by molar-refractivity contribution is 8.18. The van der Waals surface area contributed by atoms with Crippen molar-refractivity contribution in [1.29, 1.82) is 0 Å². The Bertz CT molecular complexity index is 1340. The zero-order valence-electron chi connectivity index (χ0n) is 18.2. The van der Waals surface area contributed by atoms with Crippen LogP contribution in [-0.4, -0.2) is 23.1 Å². The fourth-order valence-corrected chi connectivity index (χ4v) is 4.34. The predicted molar refractivity (Wildman–Crippen MR) is 138 cm³/mol. The van der Waals surface area contributed by atoms with E-state index in [4.69, 9.17) is 32.7 Å². The molecular formula is C24H17Cl2N3O5S. The van der Waals surface area contributed by atoms with Crippen LogP contribution in [-0.2, 0) is 11.4 Å². The zero-order chi connectivity index (χ0) is 24.9. The molecule has 4 rings (SSSR count). The number of thioether (sulfide) groups is 1. The van der Waals surface area contributed by atoms with Crippen molar-refractivity contribution < 1.29 is 19.2 Å². The van der Waals surface area contributed by atoms with E-state index in [1.807, 2.05) is 12.1 Å². The summed E-state index contributed by atoms with van der Waals surface area (Å²) in [6.45, 7) is 0.272. The van der Waals surface area contributed by atoms with Gasteiger partial charge in [0.15, 0.2) is 16.7 Å². The number of halogens is 2. The Morgan fingerprint density at radius 2 is 1.83 bits per heavy atom. The van der Waals surface area contributed by atoms with Gasteiger partial charge in [-0.15, -0.1) is 0 Å². The molecule has 1 amide bonds. The third-order valence-corrected chi connectivity index (χ3v) is 6.23. The maximum atomic E-state index is 12.4. The smallest absolute Gasteiger partial charge is 0.269 e. The molecule has 3 aromatic carbocycles. The highest BCUT2D eigenvalue weighted by Crippen LogP contribution is 2.38. The van der Waals surface area contributed by atoms with Crippen molar-refractivity contribution in [2.24, 2.45) is 4.99 Å². The molecule has 0 aromatic heterocycles. The fourth-order valence-electron chi connectivity index (χ4n) is 3.10. The van der Waals surface area contributed by atoms with Crippen molar-refractivity contribution in [1.82, 2.24) is 5.32 Å². The van der Waals surface area contributed by atoms with Crippen LogP contribution in [0.15, 0.2) is 70.6 Å². The van der Waals surface area contributed by atoms with Crippen LogP contribution in [0.25, 0.3) is 6.08 Å². The molecule has 1 N–H and O–H groups in total. The van der Waals surface area contributed by atoms with Crippen LogP contribution in [0.3, 0.4) is 0 Å². The lowest BCUT2D eigenvalue weighted by Gasteiger charge is -2.13. The number of nitro benzene ring substituents is 1. The highest BCUT2D eigenvalue weighted by atomic mass is 35.5. The van der Waals surface area contributed by atoms with Crippen LogP contribution in [0.4, 0.5) is 11.4 Å². The maximum absolute atomic E-state index is 12.4. The molecule has 0 unspecified atom stereocenters. The number of amides is 1. The number of amidine groups is 1. The molecule has 0 atom stereocenters. The number of rotatable bonds is 7. The molecule has 0 spiro atoms. The van der Waals surface area contributed by atoms with Crippen molar-refractivity contribution in [3.63, 3.8) is 0 Å². The van der Waals surface area contributed by atoms with Gasteiger partial charge >= 0.3 is 0 Å². The third-order valence-electron chi connectivity index (χ3n) is 4.79. The molecule has 178 valence electrons. The van der Waals surface area contributed by atoms with Crippen LogP contribution in [0.1, 0.15) is 11.1 Å². The van der Waals surface area contributed by atoms with Gasteiger partial charge in [0.25, 0.3) is 11.6 Å². The summed E-state index contributed by atoms with van der Waals surface area (Å²) in [6, 6.07) is 16.4. The lowest BCUT2D eigenvalue weighted by molar-refractivity contribution is -0.384. The first-order valence-corrected chi connectivity index (χ1v) is 11.7. The molecule has 1 heterocycles. The number of methoxy groups -OCH3 is 1. The van der Waals surface area contributed by atoms with E-state index < -0.39 is 4.92 Å². The SMILES string of the molecule is COc1cc(/C=C2\SC(=Nc3ccc([N+](=O)[O-])cc3)NC2=O)cc(Cl)c1OCc1ccc(Cl)cc1. The molecule has 11 heteroatoms. The van der Waals surface area contributed by atoms with E-state index in [0.29, 0.717) is 42.9 Å². The first-order valence-electron chi connectivity index (χ1n) is 10.1. The minimum Gasteiger partial charge on any atom is -0.493 e. The highest BCUT2D eigenvalue weighted by Gasteiger charge is 2.24. The molecule has 0 saturated carbocycles. The molecule has 0 radical (unpaired) electrons. The second kappa shape index (κ2) is 10.8. The fraction of sp³-hybridized carbons (Fsp3) is 0.0833. The molecular weight excluding hydrogens is 513 g/mol. The minimum atomic E-state index is -0.489. The molecule has 1 aliphatic rings. The number of aliphatic imine (C=N–C) groups is 1. The lowest BCUT2D eigenvalue weighted by atomic mass is 10.1. The number of ether oxygens (including phenoxy) is 2. The summed E-state index contributed by atoms with van der Waals surface area (Å²) in [4.78, 5) is 27.5. The van der Waals surface area contributed by atoms with Crippen LogP contribution in [0.5, 0.6) is 11.5 Å². The van der Waals surface area contributed by atoms with Gasteiger partial charge in [0.05, 0.1) is 27.6 Å². The van der Waals surface area contributed by atoms with Crippen LogP contribution >= 0.6 is 35.0 Å². The van der Waals surface area contributed by atoms with Crippen molar-refractivity contribution in [2.75, 3.05) is 7.11 Å². The van der Waals surface area contributed by atoms with E-state index >= 15 is 0 Å². The number of non-ortho nitro benzene ring substituents is 1. The molecule has 1 aliphatic heterocycles. The topological polar surface area (TPSA) is 103 Å². The number of benzene rings is 3. The second-order valence-electron chi connectivity index (χ2n) is 7.20. The third kappa shape index (κ3) is 6.13. The van der Waals surface area contributed by atoms with E-state index in [0.717, 1.165) is 17.3 Å². The van der Waals surface area contributed by atoms with Gasteiger partial charge < -0.3 is 14.8 Å². The van der Waals surface area contributed by atoms with Crippen molar-refractivity contribution in [2.45, 2.75) is 6.61 Å². The Balaban J connectivity index is 1.51. The summed E-state index contributed by atoms with van der Waals surface area (Å²) in [5.41, 5.74) is 1.99. The summed E-state index contributed by atoms with van der Waals surface area (Å²) in [5, 5.41) is 14.8. The Kier molecular flexibility index (Phi) is 7.60. The Hall–Kier alpha value is -3.53. The molecule has 35 heavy (non-hydrogen) atoms. The monoisotopic (exact) mass is 529 g/mol. The van der Waals surface area contributed by atoms with Gasteiger partial charge in [-0.3, -0.25) is 14.9 Å². The van der Waals surface area contributed by atoms with Crippen LogP contribution in [0, 0.1) is 10.1 Å². The second-order valence-corrected chi connectivity index (χ2v) is 9.08. The van der Waals surface area contributed by atoms with Crippen LogP contribution < -0.4 is 14.8 Å². The van der Waals surface area contributed by atoms with Gasteiger partial charge in [0.2, 0.25) is 0 Å². The van der Waals surface area contributed by atoms with Gasteiger partial charge in [0.1, 0.15) is 6.61 Å². The number of hydrogen-bond acceptors (Lipinski definition) is 7. The molecule has 1 fully saturated rings. The minimum absolute atomic E-state index is 0.0379. The molecule has 0 bridgehead atoms. The molecule has 3 aromatic rings. The zero-order valence-corrected chi connectivity index (χ0v) is 20.5. The number of nitro groups is 1.